The van der Waals surface area contributed by atoms with Crippen molar-refractivity contribution in [3.63, 3.8) is 0 Å². The summed E-state index contributed by atoms with van der Waals surface area (Å²) in [6, 6.07) is 12.5. The highest BCUT2D eigenvalue weighted by Gasteiger charge is 2.39. The Bertz CT molecular complexity index is 951. The summed E-state index contributed by atoms with van der Waals surface area (Å²) in [6.45, 7) is 5.15. The Morgan fingerprint density at radius 3 is 2.70 bits per heavy atom. The first-order valence-corrected chi connectivity index (χ1v) is 9.47. The van der Waals surface area contributed by atoms with Gasteiger partial charge in [0.15, 0.2) is 5.11 Å². The molecule has 0 saturated carbocycles. The van der Waals surface area contributed by atoms with E-state index < -0.39 is 0 Å². The van der Waals surface area contributed by atoms with Crippen molar-refractivity contribution in [3.8, 4) is 0 Å². The van der Waals surface area contributed by atoms with Gasteiger partial charge >= 0.3 is 0 Å². The summed E-state index contributed by atoms with van der Waals surface area (Å²) in [5.74, 6) is 0. The van der Waals surface area contributed by atoms with Crippen molar-refractivity contribution < 1.29 is 0 Å². The van der Waals surface area contributed by atoms with Crippen LogP contribution in [0.4, 0.5) is 0 Å². The minimum atomic E-state index is 0.0380. The van der Waals surface area contributed by atoms with E-state index in [0.717, 1.165) is 17.4 Å². The van der Waals surface area contributed by atoms with E-state index in [9.17, 15) is 0 Å². The lowest BCUT2D eigenvalue weighted by atomic mass is 9.97. The molecule has 0 bridgehead atoms. The summed E-state index contributed by atoms with van der Waals surface area (Å²) >= 11 is 5.56. The fourth-order valence-corrected chi connectivity index (χ4v) is 4.13. The molecule has 2 atom stereocenters. The summed E-state index contributed by atoms with van der Waals surface area (Å²) < 4.78 is 2.34. The molecule has 2 unspecified atom stereocenters. The molecule has 1 aliphatic rings. The van der Waals surface area contributed by atoms with Crippen LogP contribution in [-0.2, 0) is 6.54 Å². The van der Waals surface area contributed by atoms with E-state index in [1.165, 1.54) is 22.5 Å². The van der Waals surface area contributed by atoms with Gasteiger partial charge in [0.1, 0.15) is 0 Å². The monoisotopic (exact) mass is 377 g/mol. The molecule has 3 aromatic heterocycles. The van der Waals surface area contributed by atoms with Gasteiger partial charge in [-0.05, 0) is 61.5 Å². The minimum absolute atomic E-state index is 0.0380. The van der Waals surface area contributed by atoms with Gasteiger partial charge in [0.2, 0.25) is 0 Å². The zero-order valence-electron chi connectivity index (χ0n) is 15.8. The number of aromatic nitrogens is 3. The lowest BCUT2D eigenvalue weighted by Crippen LogP contribution is -2.25. The molecule has 6 heteroatoms. The van der Waals surface area contributed by atoms with Crippen molar-refractivity contribution in [1.82, 2.24) is 24.8 Å². The van der Waals surface area contributed by atoms with E-state index in [-0.39, 0.29) is 12.1 Å². The molecule has 4 rings (SSSR count). The van der Waals surface area contributed by atoms with Crippen molar-refractivity contribution >= 4 is 17.3 Å². The molecule has 1 N–H and O–H groups in total. The molecule has 1 saturated heterocycles. The molecule has 3 aromatic rings. The van der Waals surface area contributed by atoms with Crippen molar-refractivity contribution in [2.24, 2.45) is 0 Å². The first-order valence-electron chi connectivity index (χ1n) is 9.06. The number of nitrogens with one attached hydrogen (secondary N) is 1. The minimum Gasteiger partial charge on any atom is -0.352 e. The molecule has 4 heterocycles. The topological polar surface area (TPSA) is 46.0 Å². The summed E-state index contributed by atoms with van der Waals surface area (Å²) in [5.41, 5.74) is 5.96. The predicted molar refractivity (Wildman–Crippen MR) is 110 cm³/mol. The van der Waals surface area contributed by atoms with Gasteiger partial charge in [-0.3, -0.25) is 9.97 Å². The van der Waals surface area contributed by atoms with Gasteiger partial charge in [-0.2, -0.15) is 0 Å². The van der Waals surface area contributed by atoms with Crippen molar-refractivity contribution in [3.05, 3.63) is 83.2 Å². The van der Waals surface area contributed by atoms with Gasteiger partial charge in [0, 0.05) is 43.6 Å². The quantitative estimate of drug-likeness (QED) is 0.705. The smallest absolute Gasteiger partial charge is 0.169 e. The second kappa shape index (κ2) is 7.12. The molecule has 0 spiro atoms. The molecular weight excluding hydrogens is 354 g/mol. The van der Waals surface area contributed by atoms with Crippen molar-refractivity contribution in [1.29, 1.82) is 0 Å². The SMILES string of the molecule is Cc1cc(C2C(c3ccccn3)NC(=S)N2C)c(C)n1Cc1cccnc1. The Morgan fingerprint density at radius 1 is 1.15 bits per heavy atom. The maximum Gasteiger partial charge on any atom is 0.169 e. The molecule has 0 aliphatic carbocycles. The predicted octanol–water partition coefficient (Wildman–Crippen LogP) is 3.55. The van der Waals surface area contributed by atoms with Gasteiger partial charge in [0.25, 0.3) is 0 Å². The first kappa shape index (κ1) is 17.7. The fraction of sp³-hybridized carbons (Fsp3) is 0.286. The average Bonchev–Trinajstić information content (AvgIpc) is 3.13. The van der Waals surface area contributed by atoms with E-state index in [4.69, 9.17) is 12.2 Å². The van der Waals surface area contributed by atoms with Gasteiger partial charge in [-0.25, -0.2) is 0 Å². The average molecular weight is 378 g/mol. The van der Waals surface area contributed by atoms with Crippen LogP contribution in [0.15, 0.2) is 55.0 Å². The summed E-state index contributed by atoms with van der Waals surface area (Å²) in [7, 11) is 2.05. The van der Waals surface area contributed by atoms with Crippen LogP contribution in [0.3, 0.4) is 0 Å². The van der Waals surface area contributed by atoms with Crippen LogP contribution >= 0.6 is 12.2 Å². The third-order valence-corrected chi connectivity index (χ3v) is 5.74. The Labute approximate surface area is 165 Å². The van der Waals surface area contributed by atoms with Gasteiger partial charge in [0.05, 0.1) is 17.8 Å². The van der Waals surface area contributed by atoms with Crippen LogP contribution in [0.2, 0.25) is 0 Å². The van der Waals surface area contributed by atoms with Crippen LogP contribution in [0.5, 0.6) is 0 Å². The lowest BCUT2D eigenvalue weighted by Gasteiger charge is -2.24. The highest BCUT2D eigenvalue weighted by atomic mass is 32.1. The van der Waals surface area contributed by atoms with E-state index >= 15 is 0 Å². The molecule has 0 aromatic carbocycles. The molecule has 138 valence electrons. The Balaban J connectivity index is 1.73. The zero-order chi connectivity index (χ0) is 19.0. The number of pyridine rings is 2. The summed E-state index contributed by atoms with van der Waals surface area (Å²) in [6.07, 6.45) is 5.57. The highest BCUT2D eigenvalue weighted by Crippen LogP contribution is 2.39. The lowest BCUT2D eigenvalue weighted by molar-refractivity contribution is 0.366. The van der Waals surface area contributed by atoms with Gasteiger partial charge < -0.3 is 14.8 Å². The Kier molecular flexibility index (Phi) is 4.66. The highest BCUT2D eigenvalue weighted by molar-refractivity contribution is 7.80. The molecule has 0 radical (unpaired) electrons. The van der Waals surface area contributed by atoms with Crippen molar-refractivity contribution in [2.45, 2.75) is 32.5 Å². The van der Waals surface area contributed by atoms with Gasteiger partial charge in [-0.1, -0.05) is 12.1 Å². The molecular formula is C21H23N5S. The summed E-state index contributed by atoms with van der Waals surface area (Å²) in [4.78, 5) is 11.0. The van der Waals surface area contributed by atoms with Crippen LogP contribution in [0, 0.1) is 13.8 Å². The maximum absolute atomic E-state index is 5.56. The van der Waals surface area contributed by atoms with Crippen LogP contribution < -0.4 is 5.32 Å². The normalized spacial score (nSPS) is 19.4. The third-order valence-electron chi connectivity index (χ3n) is 5.33. The largest absolute Gasteiger partial charge is 0.352 e. The maximum atomic E-state index is 5.56. The standard InChI is InChI=1S/C21H23N5S/c1-14-11-17(15(2)26(14)13-16-7-6-9-22-12-16)20-19(24-21(27)25(20)3)18-8-4-5-10-23-18/h4-12,19-20H,13H2,1-3H3,(H,24,27). The molecule has 1 fully saturated rings. The van der Waals surface area contributed by atoms with Crippen molar-refractivity contribution in [2.75, 3.05) is 7.05 Å². The number of nitrogens with zero attached hydrogens (tertiary/aromatic N) is 4. The number of hydrogen-bond acceptors (Lipinski definition) is 3. The van der Waals surface area contributed by atoms with Crippen LogP contribution in [-0.4, -0.2) is 31.6 Å². The fourth-order valence-electron chi connectivity index (χ4n) is 3.89. The summed E-state index contributed by atoms with van der Waals surface area (Å²) in [5, 5.41) is 4.21. The second-order valence-electron chi connectivity index (χ2n) is 7.01. The number of aryl methyl sites for hydroxylation is 1. The van der Waals surface area contributed by atoms with E-state index in [1.54, 1.807) is 0 Å². The van der Waals surface area contributed by atoms with Crippen LogP contribution in [0.25, 0.3) is 0 Å². The molecule has 0 amide bonds. The number of rotatable bonds is 4. The van der Waals surface area contributed by atoms with Gasteiger partial charge in [-0.15, -0.1) is 0 Å². The molecule has 5 nitrogen and oxygen atoms in total. The zero-order valence-corrected chi connectivity index (χ0v) is 16.6. The van der Waals surface area contributed by atoms with Crippen LogP contribution in [0.1, 0.15) is 40.3 Å². The molecule has 27 heavy (non-hydrogen) atoms. The number of thiocarbonyl (C=S) groups is 1. The third kappa shape index (κ3) is 3.21. The van der Waals surface area contributed by atoms with E-state index in [2.05, 4.69) is 63.8 Å². The Hall–Kier alpha value is -2.73. The second-order valence-corrected chi connectivity index (χ2v) is 7.40. The molecule has 1 aliphatic heterocycles. The Morgan fingerprint density at radius 2 is 2.00 bits per heavy atom. The number of likely N-dealkylation sites (N-methyl/N-ethyl adjacent to an activating group) is 1. The van der Waals surface area contributed by atoms with E-state index in [1.807, 2.05) is 36.8 Å². The van der Waals surface area contributed by atoms with E-state index in [0.29, 0.717) is 0 Å². The number of hydrogen-bond donors (Lipinski definition) is 1. The first-order chi connectivity index (χ1) is 13.1.